The van der Waals surface area contributed by atoms with Gasteiger partial charge in [-0.2, -0.15) is 5.10 Å². The Hall–Kier alpha value is -2.59. The van der Waals surface area contributed by atoms with Crippen molar-refractivity contribution in [3.8, 4) is 16.9 Å². The maximum Gasteiger partial charge on any atom is 0.255 e. The average molecular weight is 420 g/mol. The van der Waals surface area contributed by atoms with E-state index in [2.05, 4.69) is 12.2 Å². The lowest BCUT2D eigenvalue weighted by Gasteiger charge is -2.28. The van der Waals surface area contributed by atoms with E-state index in [-0.39, 0.29) is 11.9 Å². The third-order valence-corrected chi connectivity index (χ3v) is 7.14. The molecule has 4 nitrogen and oxygen atoms in total. The standard InChI is InChI=1S/C25H26ClN3O/c1-16(22-14-17-7-8-19(22)13-17)27-25(30)23-15-29(21-5-3-2-4-6-21)28-24(23)18-9-11-20(26)12-10-18/h2-6,9-12,15-17,19,22H,7-8,13-14H2,1H3,(H,27,30)/t16-,17+,19+,22+/m1/s1. The first kappa shape index (κ1) is 19.4. The van der Waals surface area contributed by atoms with Gasteiger partial charge in [-0.15, -0.1) is 0 Å². The summed E-state index contributed by atoms with van der Waals surface area (Å²) in [6.07, 6.45) is 7.11. The van der Waals surface area contributed by atoms with Crippen LogP contribution in [0.1, 0.15) is 43.0 Å². The maximum atomic E-state index is 13.3. The second-order valence-electron chi connectivity index (χ2n) is 8.78. The summed E-state index contributed by atoms with van der Waals surface area (Å²) < 4.78 is 1.78. The Morgan fingerprint density at radius 3 is 2.53 bits per heavy atom. The number of para-hydroxylation sites is 1. The lowest BCUT2D eigenvalue weighted by atomic mass is 9.84. The summed E-state index contributed by atoms with van der Waals surface area (Å²) >= 11 is 6.07. The lowest BCUT2D eigenvalue weighted by Crippen LogP contribution is -2.40. The first-order valence-corrected chi connectivity index (χ1v) is 11.2. The highest BCUT2D eigenvalue weighted by Crippen LogP contribution is 2.49. The van der Waals surface area contributed by atoms with Gasteiger partial charge in [0.2, 0.25) is 0 Å². The van der Waals surface area contributed by atoms with Gasteiger partial charge in [0.1, 0.15) is 5.69 Å². The Labute approximate surface area is 182 Å². The van der Waals surface area contributed by atoms with Crippen molar-refractivity contribution in [2.24, 2.45) is 17.8 Å². The highest BCUT2D eigenvalue weighted by molar-refractivity contribution is 6.30. The molecular weight excluding hydrogens is 394 g/mol. The molecule has 5 rings (SSSR count). The van der Waals surface area contributed by atoms with Crippen LogP contribution in [0, 0.1) is 17.8 Å². The molecule has 0 spiro atoms. The van der Waals surface area contributed by atoms with E-state index in [0.717, 1.165) is 23.1 Å². The maximum absolute atomic E-state index is 13.3. The summed E-state index contributed by atoms with van der Waals surface area (Å²) in [4.78, 5) is 13.3. The Kier molecular flexibility index (Phi) is 5.11. The highest BCUT2D eigenvalue weighted by Gasteiger charge is 2.42. The van der Waals surface area contributed by atoms with Crippen LogP contribution >= 0.6 is 11.6 Å². The van der Waals surface area contributed by atoms with Gasteiger partial charge >= 0.3 is 0 Å². The number of amides is 1. The van der Waals surface area contributed by atoms with E-state index in [4.69, 9.17) is 16.7 Å². The number of hydrogen-bond acceptors (Lipinski definition) is 2. The fraction of sp³-hybridized carbons (Fsp3) is 0.360. The van der Waals surface area contributed by atoms with Gasteiger partial charge in [0.15, 0.2) is 0 Å². The van der Waals surface area contributed by atoms with Gasteiger partial charge in [0.05, 0.1) is 11.3 Å². The number of halogens is 1. The predicted octanol–water partition coefficient (Wildman–Crippen LogP) is 5.75. The molecule has 1 heterocycles. The number of carbonyl (C=O) groups is 1. The Morgan fingerprint density at radius 1 is 1.10 bits per heavy atom. The second kappa shape index (κ2) is 7.92. The molecule has 0 aliphatic heterocycles. The molecular formula is C25H26ClN3O. The normalized spacial score (nSPS) is 23.5. The van der Waals surface area contributed by atoms with Crippen molar-refractivity contribution in [3.63, 3.8) is 0 Å². The third kappa shape index (κ3) is 3.65. The molecule has 4 atom stereocenters. The van der Waals surface area contributed by atoms with Gasteiger partial charge in [0.25, 0.3) is 5.91 Å². The summed E-state index contributed by atoms with van der Waals surface area (Å²) in [5, 5.41) is 8.71. The second-order valence-corrected chi connectivity index (χ2v) is 9.22. The molecule has 1 N–H and O–H groups in total. The molecule has 2 fully saturated rings. The van der Waals surface area contributed by atoms with E-state index >= 15 is 0 Å². The molecule has 1 amide bonds. The van der Waals surface area contributed by atoms with Crippen molar-refractivity contribution in [2.45, 2.75) is 38.6 Å². The van der Waals surface area contributed by atoms with Crippen molar-refractivity contribution in [1.82, 2.24) is 15.1 Å². The molecule has 154 valence electrons. The summed E-state index contributed by atoms with van der Waals surface area (Å²) in [6.45, 7) is 2.16. The third-order valence-electron chi connectivity index (χ3n) is 6.89. The van der Waals surface area contributed by atoms with Crippen molar-refractivity contribution in [3.05, 3.63) is 71.4 Å². The van der Waals surface area contributed by atoms with Gasteiger partial charge in [-0.3, -0.25) is 4.79 Å². The zero-order valence-corrected chi connectivity index (χ0v) is 17.8. The van der Waals surface area contributed by atoms with Gasteiger partial charge in [-0.25, -0.2) is 4.68 Å². The summed E-state index contributed by atoms with van der Waals surface area (Å²) in [5.41, 5.74) is 3.07. The van der Waals surface area contributed by atoms with E-state index in [1.807, 2.05) is 60.8 Å². The molecule has 5 heteroatoms. The smallest absolute Gasteiger partial charge is 0.255 e. The van der Waals surface area contributed by atoms with Gasteiger partial charge < -0.3 is 5.32 Å². The minimum absolute atomic E-state index is 0.0580. The Morgan fingerprint density at radius 2 is 1.87 bits per heavy atom. The van der Waals surface area contributed by atoms with Crippen LogP contribution in [0.15, 0.2) is 60.8 Å². The van der Waals surface area contributed by atoms with Crippen LogP contribution < -0.4 is 5.32 Å². The lowest BCUT2D eigenvalue weighted by molar-refractivity contribution is 0.0916. The number of rotatable bonds is 5. The number of nitrogens with zero attached hydrogens (tertiary/aromatic N) is 2. The monoisotopic (exact) mass is 419 g/mol. The highest BCUT2D eigenvalue weighted by atomic mass is 35.5. The minimum atomic E-state index is -0.0580. The summed E-state index contributed by atoms with van der Waals surface area (Å²) in [7, 11) is 0. The average Bonchev–Trinajstić information content (AvgIpc) is 3.50. The van der Waals surface area contributed by atoms with Crippen molar-refractivity contribution in [2.75, 3.05) is 0 Å². The van der Waals surface area contributed by atoms with Gasteiger partial charge in [0, 0.05) is 22.8 Å². The predicted molar refractivity (Wildman–Crippen MR) is 120 cm³/mol. The van der Waals surface area contributed by atoms with Crippen LogP contribution in [-0.2, 0) is 0 Å². The quantitative estimate of drug-likeness (QED) is 0.572. The molecule has 2 aliphatic carbocycles. The van der Waals surface area contributed by atoms with E-state index < -0.39 is 0 Å². The van der Waals surface area contributed by atoms with E-state index in [1.54, 1.807) is 4.68 Å². The number of benzene rings is 2. The van der Waals surface area contributed by atoms with Crippen LogP contribution in [0.4, 0.5) is 0 Å². The van der Waals surface area contributed by atoms with Crippen LogP contribution in [0.5, 0.6) is 0 Å². The molecule has 2 bridgehead atoms. The van der Waals surface area contributed by atoms with Crippen LogP contribution in [-0.4, -0.2) is 21.7 Å². The molecule has 1 aromatic heterocycles. The molecule has 30 heavy (non-hydrogen) atoms. The number of aromatic nitrogens is 2. The SMILES string of the molecule is C[C@@H](NC(=O)c1cn(-c2ccccc2)nc1-c1ccc(Cl)cc1)[C@@H]1C[C@H]2CC[C@H]1C2. The molecule has 2 aliphatic rings. The van der Waals surface area contributed by atoms with Crippen molar-refractivity contribution < 1.29 is 4.79 Å². The van der Waals surface area contributed by atoms with Crippen molar-refractivity contribution >= 4 is 17.5 Å². The van der Waals surface area contributed by atoms with Crippen LogP contribution in [0.3, 0.4) is 0 Å². The largest absolute Gasteiger partial charge is 0.349 e. The number of hydrogen-bond donors (Lipinski definition) is 1. The Bertz CT molecular complexity index is 1040. The minimum Gasteiger partial charge on any atom is -0.349 e. The molecule has 3 aromatic rings. The first-order valence-electron chi connectivity index (χ1n) is 10.8. The van der Waals surface area contributed by atoms with Crippen LogP contribution in [0.2, 0.25) is 5.02 Å². The van der Waals surface area contributed by atoms with E-state index in [1.165, 1.54) is 25.7 Å². The van der Waals surface area contributed by atoms with Crippen molar-refractivity contribution in [1.29, 1.82) is 0 Å². The Balaban J connectivity index is 1.45. The zero-order chi connectivity index (χ0) is 20.7. The molecule has 0 radical (unpaired) electrons. The number of fused-ring (bicyclic) bond motifs is 2. The van der Waals surface area contributed by atoms with Gasteiger partial charge in [-0.1, -0.05) is 48.4 Å². The summed E-state index contributed by atoms with van der Waals surface area (Å²) in [5.74, 6) is 2.17. The number of nitrogens with one attached hydrogen (secondary N) is 1. The first-order chi connectivity index (χ1) is 14.6. The molecule has 2 aromatic carbocycles. The number of carbonyl (C=O) groups excluding carboxylic acids is 1. The molecule has 0 unspecified atom stereocenters. The van der Waals surface area contributed by atoms with E-state index in [9.17, 15) is 4.79 Å². The zero-order valence-electron chi connectivity index (χ0n) is 17.1. The van der Waals surface area contributed by atoms with E-state index in [0.29, 0.717) is 22.2 Å². The fourth-order valence-corrected chi connectivity index (χ4v) is 5.50. The topological polar surface area (TPSA) is 46.9 Å². The molecule has 0 saturated heterocycles. The summed E-state index contributed by atoms with van der Waals surface area (Å²) in [6, 6.07) is 17.5. The fourth-order valence-electron chi connectivity index (χ4n) is 5.37. The molecule has 2 saturated carbocycles. The van der Waals surface area contributed by atoms with Crippen LogP contribution in [0.25, 0.3) is 16.9 Å². The van der Waals surface area contributed by atoms with Gasteiger partial charge in [-0.05, 0) is 68.2 Å².